The average molecular weight is 494 g/mol. The Bertz CT molecular complexity index is 1250. The highest BCUT2D eigenvalue weighted by Gasteiger charge is 2.16. The minimum absolute atomic E-state index is 0.145. The number of halogens is 1. The molecule has 0 aliphatic heterocycles. The van der Waals surface area contributed by atoms with Crippen LogP contribution in [0.4, 0.5) is 0 Å². The SMILES string of the molecule is CCOC(=O)COc1ccc2[nH]c(C(=O)c3ccc(Oc4ccccc4)cc3)cc2c1Br. The van der Waals surface area contributed by atoms with Gasteiger partial charge in [-0.15, -0.1) is 0 Å². The number of aromatic amines is 1. The van der Waals surface area contributed by atoms with Gasteiger partial charge in [0.15, 0.2) is 6.61 Å². The second kappa shape index (κ2) is 9.70. The average Bonchev–Trinajstić information content (AvgIpc) is 3.25. The van der Waals surface area contributed by atoms with Crippen molar-refractivity contribution in [2.45, 2.75) is 6.92 Å². The summed E-state index contributed by atoms with van der Waals surface area (Å²) in [6, 6.07) is 21.7. The maximum absolute atomic E-state index is 13.0. The summed E-state index contributed by atoms with van der Waals surface area (Å²) >= 11 is 3.51. The molecule has 0 saturated heterocycles. The first-order valence-electron chi connectivity index (χ1n) is 10.0. The van der Waals surface area contributed by atoms with E-state index < -0.39 is 5.97 Å². The molecule has 0 fully saturated rings. The van der Waals surface area contributed by atoms with Crippen molar-refractivity contribution in [3.8, 4) is 17.2 Å². The van der Waals surface area contributed by atoms with Crippen molar-refractivity contribution >= 4 is 38.6 Å². The number of nitrogens with one attached hydrogen (secondary N) is 1. The van der Waals surface area contributed by atoms with E-state index in [4.69, 9.17) is 14.2 Å². The maximum atomic E-state index is 13.0. The molecule has 162 valence electrons. The quantitative estimate of drug-likeness (QED) is 0.244. The number of hydrogen-bond acceptors (Lipinski definition) is 5. The van der Waals surface area contributed by atoms with Gasteiger partial charge in [-0.05, 0) is 77.5 Å². The summed E-state index contributed by atoms with van der Waals surface area (Å²) in [5.74, 6) is 1.28. The van der Waals surface area contributed by atoms with Crippen LogP contribution in [-0.2, 0) is 9.53 Å². The van der Waals surface area contributed by atoms with Gasteiger partial charge in [-0.3, -0.25) is 4.79 Å². The maximum Gasteiger partial charge on any atom is 0.344 e. The fourth-order valence-electron chi connectivity index (χ4n) is 3.18. The Morgan fingerprint density at radius 1 is 0.938 bits per heavy atom. The summed E-state index contributed by atoms with van der Waals surface area (Å²) < 4.78 is 16.9. The van der Waals surface area contributed by atoms with Crippen LogP contribution < -0.4 is 9.47 Å². The van der Waals surface area contributed by atoms with Gasteiger partial charge in [-0.1, -0.05) is 18.2 Å². The Balaban J connectivity index is 1.51. The minimum atomic E-state index is -0.441. The monoisotopic (exact) mass is 493 g/mol. The fourth-order valence-corrected chi connectivity index (χ4v) is 3.75. The van der Waals surface area contributed by atoms with Crippen molar-refractivity contribution in [1.29, 1.82) is 0 Å². The third-order valence-electron chi connectivity index (χ3n) is 4.69. The van der Waals surface area contributed by atoms with Crippen LogP contribution in [0.3, 0.4) is 0 Å². The molecule has 0 unspecified atom stereocenters. The van der Waals surface area contributed by atoms with Gasteiger partial charge in [0.05, 0.1) is 16.8 Å². The van der Waals surface area contributed by atoms with Crippen LogP contribution in [0.1, 0.15) is 23.0 Å². The number of rotatable bonds is 8. The van der Waals surface area contributed by atoms with Gasteiger partial charge >= 0.3 is 5.97 Å². The molecule has 1 aromatic heterocycles. The molecule has 0 spiro atoms. The molecule has 0 aliphatic carbocycles. The summed E-state index contributed by atoms with van der Waals surface area (Å²) in [4.78, 5) is 27.7. The summed E-state index contributed by atoms with van der Waals surface area (Å²) in [5.41, 5.74) is 1.75. The van der Waals surface area contributed by atoms with Crippen molar-refractivity contribution in [2.75, 3.05) is 13.2 Å². The molecule has 0 aliphatic rings. The van der Waals surface area contributed by atoms with Gasteiger partial charge in [0, 0.05) is 16.5 Å². The van der Waals surface area contributed by atoms with Crippen molar-refractivity contribution < 1.29 is 23.8 Å². The zero-order valence-electron chi connectivity index (χ0n) is 17.3. The Hall–Kier alpha value is -3.58. The highest BCUT2D eigenvalue weighted by Crippen LogP contribution is 2.34. The number of aromatic nitrogens is 1. The third kappa shape index (κ3) is 4.84. The lowest BCUT2D eigenvalue weighted by Gasteiger charge is -2.08. The first-order chi connectivity index (χ1) is 15.5. The van der Waals surface area contributed by atoms with Crippen molar-refractivity contribution in [2.24, 2.45) is 0 Å². The predicted molar refractivity (Wildman–Crippen MR) is 125 cm³/mol. The molecule has 6 nitrogen and oxygen atoms in total. The number of fused-ring (bicyclic) bond motifs is 1. The lowest BCUT2D eigenvalue weighted by molar-refractivity contribution is -0.145. The molecule has 1 N–H and O–H groups in total. The van der Waals surface area contributed by atoms with E-state index in [1.54, 1.807) is 49.4 Å². The van der Waals surface area contributed by atoms with Crippen molar-refractivity contribution in [3.63, 3.8) is 0 Å². The van der Waals surface area contributed by atoms with Crippen LogP contribution in [0.15, 0.2) is 77.3 Å². The van der Waals surface area contributed by atoms with E-state index in [9.17, 15) is 9.59 Å². The Labute approximate surface area is 193 Å². The normalized spacial score (nSPS) is 10.7. The highest BCUT2D eigenvalue weighted by molar-refractivity contribution is 9.10. The Morgan fingerprint density at radius 3 is 2.38 bits per heavy atom. The van der Waals surface area contributed by atoms with Crippen LogP contribution in [0, 0.1) is 0 Å². The number of benzene rings is 3. The number of ketones is 1. The summed E-state index contributed by atoms with van der Waals surface area (Å²) in [5, 5.41) is 0.777. The topological polar surface area (TPSA) is 77.6 Å². The molecule has 0 saturated carbocycles. The van der Waals surface area contributed by atoms with Crippen LogP contribution in [0.5, 0.6) is 17.2 Å². The van der Waals surface area contributed by atoms with Crippen LogP contribution >= 0.6 is 15.9 Å². The standard InChI is InChI=1S/C25H20BrNO5/c1-2-30-23(28)15-31-22-13-12-20-19(24(22)26)14-21(27-20)25(29)16-8-10-18(11-9-16)32-17-6-4-3-5-7-17/h3-14,27H,2,15H2,1H3. The lowest BCUT2D eigenvalue weighted by Crippen LogP contribution is -2.14. The lowest BCUT2D eigenvalue weighted by atomic mass is 10.1. The molecule has 0 bridgehead atoms. The Morgan fingerprint density at radius 2 is 1.66 bits per heavy atom. The van der Waals surface area contributed by atoms with Gasteiger partial charge in [-0.2, -0.15) is 0 Å². The van der Waals surface area contributed by atoms with E-state index >= 15 is 0 Å². The third-order valence-corrected chi connectivity index (χ3v) is 5.51. The molecule has 0 radical (unpaired) electrons. The van der Waals surface area contributed by atoms with Crippen molar-refractivity contribution in [1.82, 2.24) is 4.98 Å². The zero-order valence-corrected chi connectivity index (χ0v) is 18.8. The van der Waals surface area contributed by atoms with E-state index in [0.29, 0.717) is 33.8 Å². The van der Waals surface area contributed by atoms with Gasteiger partial charge in [0.2, 0.25) is 5.78 Å². The molecule has 32 heavy (non-hydrogen) atoms. The molecule has 0 amide bonds. The molecule has 3 aromatic carbocycles. The first kappa shape index (κ1) is 21.6. The van der Waals surface area contributed by atoms with E-state index in [-0.39, 0.29) is 12.4 Å². The first-order valence-corrected chi connectivity index (χ1v) is 10.8. The number of H-pyrrole nitrogens is 1. The van der Waals surface area contributed by atoms with Crippen LogP contribution in [0.2, 0.25) is 0 Å². The number of esters is 1. The molecule has 1 heterocycles. The van der Waals surface area contributed by atoms with E-state index in [1.165, 1.54) is 0 Å². The van der Waals surface area contributed by atoms with E-state index in [0.717, 1.165) is 16.7 Å². The van der Waals surface area contributed by atoms with E-state index in [1.807, 2.05) is 30.3 Å². The number of para-hydroxylation sites is 1. The van der Waals surface area contributed by atoms with Crippen molar-refractivity contribution in [3.05, 3.63) is 88.5 Å². The molecule has 0 atom stereocenters. The second-order valence-corrected chi connectivity index (χ2v) is 7.68. The largest absolute Gasteiger partial charge is 0.481 e. The van der Waals surface area contributed by atoms with Crippen LogP contribution in [-0.4, -0.2) is 30.0 Å². The van der Waals surface area contributed by atoms with E-state index in [2.05, 4.69) is 20.9 Å². The van der Waals surface area contributed by atoms with Crippen LogP contribution in [0.25, 0.3) is 10.9 Å². The van der Waals surface area contributed by atoms with Gasteiger partial charge in [-0.25, -0.2) is 4.79 Å². The Kier molecular flexibility index (Phi) is 6.56. The summed E-state index contributed by atoms with van der Waals surface area (Å²) in [7, 11) is 0. The summed E-state index contributed by atoms with van der Waals surface area (Å²) in [6.45, 7) is 1.85. The fraction of sp³-hybridized carbons (Fsp3) is 0.120. The number of carbonyl (C=O) groups is 2. The molecular formula is C25H20BrNO5. The zero-order chi connectivity index (χ0) is 22.5. The number of carbonyl (C=O) groups excluding carboxylic acids is 2. The molecule has 4 aromatic rings. The highest BCUT2D eigenvalue weighted by atomic mass is 79.9. The minimum Gasteiger partial charge on any atom is -0.481 e. The van der Waals surface area contributed by atoms with Gasteiger partial charge < -0.3 is 19.2 Å². The number of hydrogen-bond donors (Lipinski definition) is 1. The second-order valence-electron chi connectivity index (χ2n) is 6.88. The van der Waals surface area contributed by atoms with Gasteiger partial charge in [0.25, 0.3) is 0 Å². The predicted octanol–water partition coefficient (Wildman–Crippen LogP) is 5.90. The summed E-state index contributed by atoms with van der Waals surface area (Å²) in [6.07, 6.45) is 0. The van der Waals surface area contributed by atoms with Gasteiger partial charge in [0.1, 0.15) is 17.2 Å². The molecular weight excluding hydrogens is 474 g/mol. The number of ether oxygens (including phenoxy) is 3. The smallest absolute Gasteiger partial charge is 0.344 e. The molecule has 4 rings (SSSR count). The molecule has 7 heteroatoms.